The zero-order chi connectivity index (χ0) is 14.1. The van der Waals surface area contributed by atoms with Crippen LogP contribution < -0.4 is 11.1 Å². The zero-order valence-corrected chi connectivity index (χ0v) is 11.4. The van der Waals surface area contributed by atoms with E-state index in [0.717, 1.165) is 11.0 Å². The van der Waals surface area contributed by atoms with Crippen LogP contribution in [0.1, 0.15) is 18.9 Å². The summed E-state index contributed by atoms with van der Waals surface area (Å²) in [6, 6.07) is 7.37. The van der Waals surface area contributed by atoms with Crippen molar-refractivity contribution < 1.29 is 14.0 Å². The molecule has 0 saturated heterocycles. The maximum Gasteiger partial charge on any atom is 0.346 e. The van der Waals surface area contributed by atoms with Gasteiger partial charge in [0.15, 0.2) is 0 Å². The van der Waals surface area contributed by atoms with E-state index in [-0.39, 0.29) is 5.63 Å². The minimum absolute atomic E-state index is 0.359. The van der Waals surface area contributed by atoms with E-state index >= 15 is 0 Å². The standard InChI is InChI=1S/C15H15NO4/c1-9-11(7-8-18-2)20-16-14-10-5-3-4-6-12(10)19-15(17)13(9)14/h3-6,16H,7-8H2,1-2H3. The number of nitrogens with one attached hydrogen (secondary N) is 1. The van der Waals surface area contributed by atoms with Crippen LogP contribution in [-0.2, 0) is 9.57 Å². The first-order valence-corrected chi connectivity index (χ1v) is 6.40. The molecule has 0 bridgehead atoms. The third-order valence-corrected chi connectivity index (χ3v) is 3.42. The van der Waals surface area contributed by atoms with Gasteiger partial charge >= 0.3 is 5.63 Å². The van der Waals surface area contributed by atoms with Crippen molar-refractivity contribution in [1.29, 1.82) is 0 Å². The second-order valence-electron chi connectivity index (χ2n) is 4.63. The molecular formula is C15H15NO4. The summed E-state index contributed by atoms with van der Waals surface area (Å²) in [5.41, 5.74) is 5.02. The van der Waals surface area contributed by atoms with Crippen LogP contribution in [0, 0.1) is 0 Å². The van der Waals surface area contributed by atoms with Crippen molar-refractivity contribution in [3.63, 3.8) is 0 Å². The van der Waals surface area contributed by atoms with Crippen molar-refractivity contribution in [2.45, 2.75) is 13.3 Å². The highest BCUT2D eigenvalue weighted by molar-refractivity contribution is 5.96. The Morgan fingerprint density at radius 2 is 2.10 bits per heavy atom. The monoisotopic (exact) mass is 273 g/mol. The first kappa shape index (κ1) is 12.7. The van der Waals surface area contributed by atoms with Crippen molar-refractivity contribution in [2.75, 3.05) is 19.2 Å². The summed E-state index contributed by atoms with van der Waals surface area (Å²) in [6.45, 7) is 2.39. The second kappa shape index (κ2) is 5.02. The molecular weight excluding hydrogens is 258 g/mol. The van der Waals surface area contributed by atoms with Gasteiger partial charge in [-0.2, -0.15) is 0 Å². The molecule has 0 radical (unpaired) electrons. The fourth-order valence-electron chi connectivity index (χ4n) is 2.36. The number of benzene rings is 1. The average Bonchev–Trinajstić information content (AvgIpc) is 2.46. The van der Waals surface area contributed by atoms with E-state index in [1.165, 1.54) is 0 Å². The molecule has 0 amide bonds. The van der Waals surface area contributed by atoms with Gasteiger partial charge in [-0.05, 0) is 19.1 Å². The molecule has 1 aromatic carbocycles. The predicted molar refractivity (Wildman–Crippen MR) is 76.3 cm³/mol. The molecule has 2 heterocycles. The summed E-state index contributed by atoms with van der Waals surface area (Å²) in [4.78, 5) is 17.7. The Hall–Kier alpha value is -2.27. The maximum atomic E-state index is 12.2. The number of ether oxygens (including phenoxy) is 1. The number of anilines is 1. The highest BCUT2D eigenvalue weighted by atomic mass is 16.7. The van der Waals surface area contributed by atoms with E-state index in [1.54, 1.807) is 13.2 Å². The molecule has 104 valence electrons. The van der Waals surface area contributed by atoms with Gasteiger partial charge in [-0.25, -0.2) is 10.3 Å². The molecule has 20 heavy (non-hydrogen) atoms. The summed E-state index contributed by atoms with van der Waals surface area (Å²) in [5, 5.41) is 0.826. The summed E-state index contributed by atoms with van der Waals surface area (Å²) < 4.78 is 10.4. The third-order valence-electron chi connectivity index (χ3n) is 3.42. The summed E-state index contributed by atoms with van der Waals surface area (Å²) in [7, 11) is 1.63. The lowest BCUT2D eigenvalue weighted by molar-refractivity contribution is 0.176. The lowest BCUT2D eigenvalue weighted by Crippen LogP contribution is -2.19. The highest BCUT2D eigenvalue weighted by Gasteiger charge is 2.23. The third kappa shape index (κ3) is 1.96. The topological polar surface area (TPSA) is 60.7 Å². The summed E-state index contributed by atoms with van der Waals surface area (Å²) in [5.74, 6) is 0.696. The molecule has 0 atom stereocenters. The molecule has 0 unspecified atom stereocenters. The quantitative estimate of drug-likeness (QED) is 0.871. The van der Waals surface area contributed by atoms with Gasteiger partial charge in [0.1, 0.15) is 11.3 Å². The minimum atomic E-state index is -0.359. The lowest BCUT2D eigenvalue weighted by Gasteiger charge is -2.22. The van der Waals surface area contributed by atoms with Crippen LogP contribution in [0.25, 0.3) is 16.5 Å². The van der Waals surface area contributed by atoms with E-state index in [1.807, 2.05) is 25.1 Å². The average molecular weight is 273 g/mol. The molecule has 0 spiro atoms. The smallest absolute Gasteiger partial charge is 0.346 e. The molecule has 3 rings (SSSR count). The Morgan fingerprint density at radius 3 is 2.90 bits per heavy atom. The Morgan fingerprint density at radius 1 is 1.30 bits per heavy atom. The Labute approximate surface area is 115 Å². The number of rotatable bonds is 3. The van der Waals surface area contributed by atoms with Crippen LogP contribution in [0.3, 0.4) is 0 Å². The number of allylic oxidation sites excluding steroid dienone is 1. The Kier molecular flexibility index (Phi) is 3.20. The largest absolute Gasteiger partial charge is 0.422 e. The van der Waals surface area contributed by atoms with E-state index < -0.39 is 0 Å². The van der Waals surface area contributed by atoms with Crippen molar-refractivity contribution >= 4 is 22.2 Å². The first-order valence-electron chi connectivity index (χ1n) is 6.40. The molecule has 1 aromatic heterocycles. The van der Waals surface area contributed by atoms with E-state index in [0.29, 0.717) is 35.6 Å². The van der Waals surface area contributed by atoms with Gasteiger partial charge in [0, 0.05) is 24.5 Å². The molecule has 0 fully saturated rings. The van der Waals surface area contributed by atoms with Gasteiger partial charge in [0.25, 0.3) is 0 Å². The number of methoxy groups -OCH3 is 1. The van der Waals surface area contributed by atoms with Gasteiger partial charge in [-0.15, -0.1) is 0 Å². The summed E-state index contributed by atoms with van der Waals surface area (Å²) in [6.07, 6.45) is 0.598. The van der Waals surface area contributed by atoms with Crippen LogP contribution in [0.4, 0.5) is 5.69 Å². The van der Waals surface area contributed by atoms with Gasteiger partial charge in [0.05, 0.1) is 17.9 Å². The van der Waals surface area contributed by atoms with Gasteiger partial charge in [-0.1, -0.05) is 12.1 Å². The van der Waals surface area contributed by atoms with Crippen LogP contribution in [-0.4, -0.2) is 13.7 Å². The molecule has 0 aliphatic carbocycles. The van der Waals surface area contributed by atoms with Crippen molar-refractivity contribution in [3.05, 3.63) is 46.0 Å². The van der Waals surface area contributed by atoms with Gasteiger partial charge < -0.3 is 14.0 Å². The maximum absolute atomic E-state index is 12.2. The van der Waals surface area contributed by atoms with Crippen LogP contribution in [0.15, 0.2) is 39.2 Å². The fraction of sp³-hybridized carbons (Fsp3) is 0.267. The molecule has 1 N–H and O–H groups in total. The second-order valence-corrected chi connectivity index (χ2v) is 4.63. The molecule has 1 aliphatic heterocycles. The lowest BCUT2D eigenvalue weighted by atomic mass is 10.0. The van der Waals surface area contributed by atoms with Crippen molar-refractivity contribution in [3.8, 4) is 0 Å². The van der Waals surface area contributed by atoms with Gasteiger partial charge in [-0.3, -0.25) is 0 Å². The SMILES string of the molecule is COCCC1=C(C)c2c(c3ccccc3oc2=O)NO1. The number of hydrogen-bond donors (Lipinski definition) is 1. The fourth-order valence-corrected chi connectivity index (χ4v) is 2.36. The summed E-state index contributed by atoms with van der Waals surface area (Å²) >= 11 is 0. The Balaban J connectivity index is 2.21. The van der Waals surface area contributed by atoms with Crippen molar-refractivity contribution in [1.82, 2.24) is 0 Å². The molecule has 1 aliphatic rings. The molecule has 0 saturated carbocycles. The van der Waals surface area contributed by atoms with E-state index in [2.05, 4.69) is 5.48 Å². The van der Waals surface area contributed by atoms with Gasteiger partial charge in [0.2, 0.25) is 0 Å². The zero-order valence-electron chi connectivity index (χ0n) is 11.4. The number of hydrogen-bond acceptors (Lipinski definition) is 5. The number of para-hydroxylation sites is 1. The van der Waals surface area contributed by atoms with Crippen molar-refractivity contribution in [2.24, 2.45) is 0 Å². The normalized spacial score (nSPS) is 13.9. The molecule has 5 heteroatoms. The van der Waals surface area contributed by atoms with Crippen LogP contribution in [0.2, 0.25) is 0 Å². The first-order chi connectivity index (χ1) is 9.72. The molecule has 2 aromatic rings. The predicted octanol–water partition coefficient (Wildman–Crippen LogP) is 2.92. The molecule has 5 nitrogen and oxygen atoms in total. The van der Waals surface area contributed by atoms with E-state index in [4.69, 9.17) is 14.0 Å². The Bertz CT molecular complexity index is 745. The minimum Gasteiger partial charge on any atom is -0.422 e. The number of fused-ring (bicyclic) bond motifs is 3. The highest BCUT2D eigenvalue weighted by Crippen LogP contribution is 2.35. The van der Waals surface area contributed by atoms with Crippen LogP contribution >= 0.6 is 0 Å². The van der Waals surface area contributed by atoms with E-state index in [9.17, 15) is 4.79 Å². The van der Waals surface area contributed by atoms with Crippen LogP contribution in [0.5, 0.6) is 0 Å².